The zero-order valence-electron chi connectivity index (χ0n) is 21.1. The first kappa shape index (κ1) is 25.1. The van der Waals surface area contributed by atoms with Crippen LogP contribution in [0.5, 0.6) is 11.5 Å². The van der Waals surface area contributed by atoms with E-state index < -0.39 is 11.5 Å². The third kappa shape index (κ3) is 5.29. The van der Waals surface area contributed by atoms with E-state index in [9.17, 15) is 14.4 Å². The molecule has 4 rings (SSSR count). The predicted octanol–water partition coefficient (Wildman–Crippen LogP) is 3.41. The van der Waals surface area contributed by atoms with Crippen molar-refractivity contribution >= 4 is 23.3 Å². The lowest BCUT2D eigenvalue weighted by atomic mass is 9.93. The van der Waals surface area contributed by atoms with Crippen molar-refractivity contribution in [3.63, 3.8) is 0 Å². The average Bonchev–Trinajstić information content (AvgIpc) is 3.28. The molecule has 3 heterocycles. The number of likely N-dealkylation sites (tertiary alicyclic amines) is 1. The van der Waals surface area contributed by atoms with Gasteiger partial charge in [-0.1, -0.05) is 0 Å². The fourth-order valence-electron chi connectivity index (χ4n) is 4.17. The zero-order chi connectivity index (χ0) is 26.0. The summed E-state index contributed by atoms with van der Waals surface area (Å²) in [4.78, 5) is 44.5. The average molecular weight is 498 g/mol. The highest BCUT2D eigenvalue weighted by Gasteiger charge is 2.29. The summed E-state index contributed by atoms with van der Waals surface area (Å²) in [7, 11) is 3.05. The summed E-state index contributed by atoms with van der Waals surface area (Å²) in [5.41, 5.74) is 0.709. The lowest BCUT2D eigenvalue weighted by molar-refractivity contribution is 0.0204. The molecule has 11 heteroatoms. The number of H-pyrrole nitrogens is 1. The molecular weight excluding hydrogens is 466 g/mol. The summed E-state index contributed by atoms with van der Waals surface area (Å²) in [6, 6.07) is 6.51. The molecule has 0 radical (unpaired) electrons. The molecule has 1 aromatic carbocycles. The molecule has 36 heavy (non-hydrogen) atoms. The molecule has 1 aliphatic heterocycles. The minimum atomic E-state index is -0.558. The Morgan fingerprint density at radius 2 is 1.78 bits per heavy atom. The predicted molar refractivity (Wildman–Crippen MR) is 133 cm³/mol. The molecule has 1 saturated heterocycles. The maximum Gasteiger partial charge on any atom is 0.410 e. The Balaban J connectivity index is 1.53. The van der Waals surface area contributed by atoms with Crippen LogP contribution in [0.2, 0.25) is 0 Å². The second-order valence-corrected chi connectivity index (χ2v) is 9.63. The van der Waals surface area contributed by atoms with E-state index in [1.165, 1.54) is 31.0 Å². The number of carbonyl (C=O) groups excluding carboxylic acids is 2. The maximum absolute atomic E-state index is 13.1. The molecule has 1 aliphatic rings. The lowest BCUT2D eigenvalue weighted by Gasteiger charge is -2.33. The summed E-state index contributed by atoms with van der Waals surface area (Å²) in [6.45, 7) is 6.50. The Morgan fingerprint density at radius 1 is 1.08 bits per heavy atom. The van der Waals surface area contributed by atoms with Gasteiger partial charge < -0.3 is 24.4 Å². The molecule has 192 valence electrons. The van der Waals surface area contributed by atoms with Crippen LogP contribution in [0.3, 0.4) is 0 Å². The summed E-state index contributed by atoms with van der Waals surface area (Å²) in [5, 5.41) is 5.61. The molecule has 0 atom stereocenters. The van der Waals surface area contributed by atoms with Crippen LogP contribution < -0.4 is 20.3 Å². The van der Waals surface area contributed by atoms with Gasteiger partial charge in [-0.2, -0.15) is 0 Å². The Bertz CT molecular complexity index is 1330. The molecule has 3 aromatic rings. The molecule has 0 aliphatic carbocycles. The van der Waals surface area contributed by atoms with Gasteiger partial charge in [-0.3, -0.25) is 14.7 Å². The third-order valence-electron chi connectivity index (χ3n) is 5.97. The normalized spacial score (nSPS) is 14.5. The van der Waals surface area contributed by atoms with E-state index in [2.05, 4.69) is 15.4 Å². The molecule has 0 bridgehead atoms. The minimum absolute atomic E-state index is 0.0157. The number of piperidine rings is 1. The quantitative estimate of drug-likeness (QED) is 0.553. The van der Waals surface area contributed by atoms with Crippen molar-refractivity contribution in [1.29, 1.82) is 0 Å². The van der Waals surface area contributed by atoms with Crippen molar-refractivity contribution in [1.82, 2.24) is 19.5 Å². The van der Waals surface area contributed by atoms with Gasteiger partial charge >= 0.3 is 6.09 Å². The largest absolute Gasteiger partial charge is 0.493 e. The summed E-state index contributed by atoms with van der Waals surface area (Å²) < 4.78 is 17.2. The van der Waals surface area contributed by atoms with Crippen LogP contribution in [-0.2, 0) is 4.74 Å². The molecule has 0 unspecified atom stereocenters. The first-order valence-corrected chi connectivity index (χ1v) is 11.7. The highest BCUT2D eigenvalue weighted by Crippen LogP contribution is 2.30. The van der Waals surface area contributed by atoms with Crippen LogP contribution in [0.4, 0.5) is 10.5 Å². The van der Waals surface area contributed by atoms with Gasteiger partial charge in [0.15, 0.2) is 17.1 Å². The Morgan fingerprint density at radius 3 is 2.42 bits per heavy atom. The lowest BCUT2D eigenvalue weighted by Crippen LogP contribution is -2.41. The first-order valence-electron chi connectivity index (χ1n) is 11.7. The van der Waals surface area contributed by atoms with Crippen molar-refractivity contribution in [2.24, 2.45) is 0 Å². The highest BCUT2D eigenvalue weighted by atomic mass is 16.6. The molecule has 2 amide bonds. The number of nitrogens with zero attached hydrogens (tertiary/aromatic N) is 3. The van der Waals surface area contributed by atoms with Crippen molar-refractivity contribution in [3.8, 4) is 11.5 Å². The van der Waals surface area contributed by atoms with Crippen LogP contribution >= 0.6 is 0 Å². The van der Waals surface area contributed by atoms with Gasteiger partial charge in [0.2, 0.25) is 0 Å². The number of benzene rings is 1. The standard InChI is InChI=1S/C25H31N5O6/c1-25(2,3)36-24(33)29-10-8-15(9-11-29)18-13-21(31)30-22(28-18)17(14-26-30)23(32)27-16-6-7-19(34-4)20(12-16)35-5/h6-7,12-15,26H,8-11H2,1-5H3,(H,27,32). The van der Waals surface area contributed by atoms with E-state index >= 15 is 0 Å². The topological polar surface area (TPSA) is 127 Å². The van der Waals surface area contributed by atoms with E-state index in [1.54, 1.807) is 23.1 Å². The second-order valence-electron chi connectivity index (χ2n) is 9.63. The molecular formula is C25H31N5O6. The number of amides is 2. The van der Waals surface area contributed by atoms with Gasteiger partial charge in [-0.25, -0.2) is 14.3 Å². The van der Waals surface area contributed by atoms with Crippen molar-refractivity contribution in [2.45, 2.75) is 45.1 Å². The number of methoxy groups -OCH3 is 2. The first-order chi connectivity index (χ1) is 17.1. The number of hydrogen-bond donors (Lipinski definition) is 2. The highest BCUT2D eigenvalue weighted by molar-refractivity contribution is 6.08. The van der Waals surface area contributed by atoms with Gasteiger partial charge in [0, 0.05) is 43.0 Å². The van der Waals surface area contributed by atoms with Gasteiger partial charge in [-0.15, -0.1) is 0 Å². The Hall–Kier alpha value is -4.02. The van der Waals surface area contributed by atoms with E-state index in [4.69, 9.17) is 14.2 Å². The zero-order valence-corrected chi connectivity index (χ0v) is 21.1. The fraction of sp³-hybridized carbons (Fsp3) is 0.440. The van der Waals surface area contributed by atoms with E-state index in [1.807, 2.05) is 20.8 Å². The van der Waals surface area contributed by atoms with Crippen molar-refractivity contribution in [3.05, 3.63) is 52.1 Å². The smallest absolute Gasteiger partial charge is 0.410 e. The number of ether oxygens (including phenoxy) is 3. The Kier molecular flexibility index (Phi) is 6.91. The fourth-order valence-corrected chi connectivity index (χ4v) is 4.17. The Labute approximate surface area is 208 Å². The molecule has 0 saturated carbocycles. The van der Waals surface area contributed by atoms with Crippen molar-refractivity contribution < 1.29 is 23.8 Å². The molecule has 1 fully saturated rings. The van der Waals surface area contributed by atoms with Gasteiger partial charge in [0.25, 0.3) is 11.5 Å². The molecule has 11 nitrogen and oxygen atoms in total. The van der Waals surface area contributed by atoms with Crippen LogP contribution in [0, 0.1) is 0 Å². The minimum Gasteiger partial charge on any atom is -0.493 e. The van der Waals surface area contributed by atoms with Crippen LogP contribution in [-0.4, -0.2) is 64.4 Å². The number of aromatic amines is 1. The monoisotopic (exact) mass is 497 g/mol. The molecule has 2 N–H and O–H groups in total. The number of aromatic nitrogens is 3. The number of hydrogen-bond acceptors (Lipinski definition) is 7. The summed E-state index contributed by atoms with van der Waals surface area (Å²) >= 11 is 0. The van der Waals surface area contributed by atoms with Gasteiger partial charge in [0.1, 0.15) is 11.2 Å². The number of rotatable bonds is 5. The van der Waals surface area contributed by atoms with E-state index in [-0.39, 0.29) is 28.8 Å². The second kappa shape index (κ2) is 9.92. The number of anilines is 1. The molecule has 2 aromatic heterocycles. The SMILES string of the molecule is COc1ccc(NC(=O)c2c[nH]n3c(=O)cc(C4CCN(C(=O)OC(C)(C)C)CC4)nc23)cc1OC. The van der Waals surface area contributed by atoms with Crippen LogP contribution in [0.15, 0.2) is 35.3 Å². The summed E-state index contributed by atoms with van der Waals surface area (Å²) in [5.74, 6) is 0.574. The van der Waals surface area contributed by atoms with Gasteiger partial charge in [-0.05, 0) is 45.7 Å². The van der Waals surface area contributed by atoms with E-state index in [0.717, 1.165) is 0 Å². The van der Waals surface area contributed by atoms with E-state index in [0.29, 0.717) is 48.8 Å². The van der Waals surface area contributed by atoms with Gasteiger partial charge in [0.05, 0.1) is 19.9 Å². The van der Waals surface area contributed by atoms with Crippen LogP contribution in [0.25, 0.3) is 5.65 Å². The van der Waals surface area contributed by atoms with Crippen LogP contribution in [0.1, 0.15) is 55.6 Å². The number of nitrogens with one attached hydrogen (secondary N) is 2. The summed E-state index contributed by atoms with van der Waals surface area (Å²) in [6.07, 6.45) is 2.39. The third-order valence-corrected chi connectivity index (χ3v) is 5.97. The number of fused-ring (bicyclic) bond motifs is 1. The molecule has 0 spiro atoms. The van der Waals surface area contributed by atoms with Crippen molar-refractivity contribution in [2.75, 3.05) is 32.6 Å². The maximum atomic E-state index is 13.1. The number of carbonyl (C=O) groups is 2.